The van der Waals surface area contributed by atoms with Crippen LogP contribution in [0.4, 0.5) is 0 Å². The Morgan fingerprint density at radius 2 is 2.00 bits per heavy atom. The third-order valence-electron chi connectivity index (χ3n) is 4.24. The van der Waals surface area contributed by atoms with E-state index in [0.717, 1.165) is 22.9 Å². The average molecular weight is 381 g/mol. The van der Waals surface area contributed by atoms with Crippen LogP contribution < -0.4 is 5.32 Å². The van der Waals surface area contributed by atoms with Crippen LogP contribution in [0.15, 0.2) is 47.8 Å². The van der Waals surface area contributed by atoms with Crippen LogP contribution in [-0.2, 0) is 11.3 Å². The Morgan fingerprint density at radius 3 is 2.64 bits per heavy atom. The van der Waals surface area contributed by atoms with Gasteiger partial charge in [-0.1, -0.05) is 36.4 Å². The van der Waals surface area contributed by atoms with Crippen molar-refractivity contribution in [1.29, 1.82) is 0 Å². The molecule has 1 aliphatic rings. The second kappa shape index (κ2) is 9.92. The van der Waals surface area contributed by atoms with Crippen LogP contribution >= 0.6 is 23.7 Å². The van der Waals surface area contributed by atoms with E-state index in [4.69, 9.17) is 0 Å². The average Bonchev–Trinajstić information content (AvgIpc) is 3.25. The summed E-state index contributed by atoms with van der Waals surface area (Å²) in [5.41, 5.74) is 1.08. The highest BCUT2D eigenvalue weighted by Gasteiger charge is 2.23. The highest BCUT2D eigenvalue weighted by molar-refractivity contribution is 7.10. The molecule has 25 heavy (non-hydrogen) atoms. The molecular weight excluding hydrogens is 356 g/mol. The van der Waals surface area contributed by atoms with Crippen LogP contribution in [0.1, 0.15) is 29.4 Å². The lowest BCUT2D eigenvalue weighted by molar-refractivity contribution is -0.132. The van der Waals surface area contributed by atoms with Crippen LogP contribution in [0.3, 0.4) is 0 Å². The lowest BCUT2D eigenvalue weighted by Gasteiger charge is -2.25. The molecule has 1 saturated carbocycles. The zero-order chi connectivity index (χ0) is 16.8. The number of halogens is 1. The molecule has 1 unspecified atom stereocenters. The fourth-order valence-electron chi connectivity index (χ4n) is 2.65. The van der Waals surface area contributed by atoms with Gasteiger partial charge in [-0.05, 0) is 42.3 Å². The molecule has 0 spiro atoms. The number of nitrogens with one attached hydrogen (secondary N) is 1. The van der Waals surface area contributed by atoms with Crippen molar-refractivity contribution in [1.82, 2.24) is 10.2 Å². The zero-order valence-corrected chi connectivity index (χ0v) is 15.8. The largest absolute Gasteiger partial charge is 0.386 e. The van der Waals surface area contributed by atoms with Gasteiger partial charge in [-0.25, -0.2) is 0 Å². The monoisotopic (exact) mass is 380 g/mol. The zero-order valence-electron chi connectivity index (χ0n) is 14.1. The molecule has 1 aromatic heterocycles. The Kier molecular flexibility index (Phi) is 7.90. The van der Waals surface area contributed by atoms with Gasteiger partial charge in [0.25, 0.3) is 0 Å². The molecule has 0 aliphatic heterocycles. The third-order valence-corrected chi connectivity index (χ3v) is 5.21. The third kappa shape index (κ3) is 6.44. The first kappa shape index (κ1) is 19.9. The predicted molar refractivity (Wildman–Crippen MR) is 104 cm³/mol. The molecule has 1 fully saturated rings. The fourth-order valence-corrected chi connectivity index (χ4v) is 3.36. The minimum Gasteiger partial charge on any atom is -0.386 e. The molecule has 6 heteroatoms. The molecule has 0 saturated heterocycles. The number of rotatable bonds is 9. The fraction of sp³-hybridized carbons (Fsp3) is 0.421. The van der Waals surface area contributed by atoms with Crippen molar-refractivity contribution in [3.8, 4) is 0 Å². The first-order valence-electron chi connectivity index (χ1n) is 8.46. The summed E-state index contributed by atoms with van der Waals surface area (Å²) >= 11 is 1.52. The van der Waals surface area contributed by atoms with Gasteiger partial charge in [0.2, 0.25) is 5.91 Å². The molecule has 0 bridgehead atoms. The minimum atomic E-state index is -0.638. The summed E-state index contributed by atoms with van der Waals surface area (Å²) in [5.74, 6) is 0.784. The van der Waals surface area contributed by atoms with Crippen LogP contribution in [0.5, 0.6) is 0 Å². The second-order valence-electron chi connectivity index (χ2n) is 6.37. The maximum absolute atomic E-state index is 12.6. The van der Waals surface area contributed by atoms with Crippen LogP contribution in [-0.4, -0.2) is 35.5 Å². The number of hydrogen-bond acceptors (Lipinski definition) is 4. The molecule has 1 aliphatic carbocycles. The Balaban J connectivity index is 0.00000225. The Bertz CT molecular complexity index is 632. The number of nitrogens with zero attached hydrogens (tertiary/aromatic N) is 1. The molecule has 136 valence electrons. The van der Waals surface area contributed by atoms with Crippen LogP contribution in [0.2, 0.25) is 0 Å². The normalized spacial score (nSPS) is 14.6. The van der Waals surface area contributed by atoms with Gasteiger partial charge < -0.3 is 15.3 Å². The first-order chi connectivity index (χ1) is 11.7. The SMILES string of the molecule is Cl.O=C(CNCC1CC1)N(Cc1ccccc1)CC(O)c1cccs1. The number of carbonyl (C=O) groups is 1. The number of benzene rings is 1. The van der Waals surface area contributed by atoms with Crippen molar-refractivity contribution in [2.45, 2.75) is 25.5 Å². The lowest BCUT2D eigenvalue weighted by Crippen LogP contribution is -2.40. The highest BCUT2D eigenvalue weighted by atomic mass is 35.5. The summed E-state index contributed by atoms with van der Waals surface area (Å²) in [7, 11) is 0. The number of aliphatic hydroxyl groups excluding tert-OH is 1. The number of carbonyl (C=O) groups excluding carboxylic acids is 1. The molecule has 1 amide bonds. The smallest absolute Gasteiger partial charge is 0.236 e. The summed E-state index contributed by atoms with van der Waals surface area (Å²) in [6, 6.07) is 13.8. The van der Waals surface area contributed by atoms with E-state index in [0.29, 0.717) is 19.6 Å². The summed E-state index contributed by atoms with van der Waals surface area (Å²) < 4.78 is 0. The Morgan fingerprint density at radius 1 is 1.24 bits per heavy atom. The number of amides is 1. The standard InChI is InChI=1S/C19H24N2O2S.ClH/c22-17(18-7-4-10-24-18)14-21(13-16-5-2-1-3-6-16)19(23)12-20-11-15-8-9-15;/h1-7,10,15,17,20,22H,8-9,11-14H2;1H. The maximum atomic E-state index is 12.6. The van der Waals surface area contributed by atoms with Gasteiger partial charge in [0, 0.05) is 11.4 Å². The van der Waals surface area contributed by atoms with Gasteiger partial charge in [-0.3, -0.25) is 4.79 Å². The van der Waals surface area contributed by atoms with Crippen molar-refractivity contribution in [2.75, 3.05) is 19.6 Å². The Hall–Kier alpha value is -1.40. The highest BCUT2D eigenvalue weighted by Crippen LogP contribution is 2.27. The molecule has 3 rings (SSSR count). The van der Waals surface area contributed by atoms with E-state index in [2.05, 4.69) is 5.32 Å². The van der Waals surface area contributed by atoms with Gasteiger partial charge >= 0.3 is 0 Å². The summed E-state index contributed by atoms with van der Waals surface area (Å²) in [6.07, 6.45) is 1.90. The van der Waals surface area contributed by atoms with E-state index in [1.165, 1.54) is 24.2 Å². The van der Waals surface area contributed by atoms with E-state index in [1.807, 2.05) is 47.8 Å². The lowest BCUT2D eigenvalue weighted by atomic mass is 10.2. The van der Waals surface area contributed by atoms with Gasteiger partial charge in [-0.15, -0.1) is 23.7 Å². The molecule has 0 radical (unpaired) electrons. The minimum absolute atomic E-state index is 0. The summed E-state index contributed by atoms with van der Waals surface area (Å²) in [5, 5.41) is 15.6. The maximum Gasteiger partial charge on any atom is 0.236 e. The van der Waals surface area contributed by atoms with Crippen LogP contribution in [0, 0.1) is 5.92 Å². The molecule has 1 aromatic carbocycles. The quantitative estimate of drug-likeness (QED) is 0.702. The summed E-state index contributed by atoms with van der Waals surface area (Å²) in [4.78, 5) is 15.3. The number of aliphatic hydroxyl groups is 1. The Labute approximate surface area is 159 Å². The van der Waals surface area contributed by atoms with Crippen molar-refractivity contribution in [2.24, 2.45) is 5.92 Å². The van der Waals surface area contributed by atoms with Crippen molar-refractivity contribution in [3.05, 3.63) is 58.3 Å². The molecule has 4 nitrogen and oxygen atoms in total. The van der Waals surface area contributed by atoms with E-state index >= 15 is 0 Å². The summed E-state index contributed by atoms with van der Waals surface area (Å²) in [6.45, 7) is 2.09. The van der Waals surface area contributed by atoms with Gasteiger partial charge in [0.05, 0.1) is 13.1 Å². The predicted octanol–water partition coefficient (Wildman–Crippen LogP) is 3.23. The topological polar surface area (TPSA) is 52.6 Å². The molecule has 2 N–H and O–H groups in total. The van der Waals surface area contributed by atoms with Gasteiger partial charge in [0.15, 0.2) is 0 Å². The van der Waals surface area contributed by atoms with E-state index in [1.54, 1.807) is 4.90 Å². The number of hydrogen-bond donors (Lipinski definition) is 2. The molecular formula is C19H25ClN2O2S. The van der Waals surface area contributed by atoms with E-state index < -0.39 is 6.10 Å². The second-order valence-corrected chi connectivity index (χ2v) is 7.34. The van der Waals surface area contributed by atoms with E-state index in [9.17, 15) is 9.90 Å². The molecule has 1 heterocycles. The molecule has 1 atom stereocenters. The van der Waals surface area contributed by atoms with Gasteiger partial charge in [0.1, 0.15) is 6.10 Å². The van der Waals surface area contributed by atoms with Crippen molar-refractivity contribution < 1.29 is 9.90 Å². The first-order valence-corrected chi connectivity index (χ1v) is 9.34. The number of thiophene rings is 1. The van der Waals surface area contributed by atoms with Crippen molar-refractivity contribution >= 4 is 29.7 Å². The van der Waals surface area contributed by atoms with Gasteiger partial charge in [-0.2, -0.15) is 0 Å². The van der Waals surface area contributed by atoms with Crippen LogP contribution in [0.25, 0.3) is 0 Å². The van der Waals surface area contributed by atoms with Crippen molar-refractivity contribution in [3.63, 3.8) is 0 Å². The van der Waals surface area contributed by atoms with E-state index in [-0.39, 0.29) is 18.3 Å². The molecule has 2 aromatic rings.